The summed E-state index contributed by atoms with van der Waals surface area (Å²) in [6, 6.07) is 4.50. The van der Waals surface area contributed by atoms with E-state index in [0.717, 1.165) is 11.5 Å². The Balaban J connectivity index is 2.02. The molecule has 0 fully saturated rings. The van der Waals surface area contributed by atoms with Crippen molar-refractivity contribution in [2.75, 3.05) is 5.32 Å². The molecule has 2 aromatic rings. The molecule has 1 aromatic heterocycles. The zero-order valence-electron chi connectivity index (χ0n) is 7.80. The van der Waals surface area contributed by atoms with Crippen LogP contribution in [0.3, 0.4) is 0 Å². The number of nitrogens with zero attached hydrogens (tertiary/aromatic N) is 1. The Morgan fingerprint density at radius 3 is 3.00 bits per heavy atom. The molecule has 0 saturated heterocycles. The number of hydrogen-bond acceptors (Lipinski definition) is 2. The topological polar surface area (TPSA) is 40.7 Å². The van der Waals surface area contributed by atoms with Crippen LogP contribution in [0.4, 0.5) is 10.1 Å². The second kappa shape index (κ2) is 4.31. The van der Waals surface area contributed by atoms with Crippen LogP contribution in [-0.4, -0.2) is 9.97 Å². The number of aromatic amines is 1. The number of benzene rings is 1. The molecule has 2 N–H and O–H groups in total. The SMILES string of the molecule is Fc1ccc(NCc2ncc[nH]2)cc1Cl. The second-order valence-corrected chi connectivity index (χ2v) is 3.43. The van der Waals surface area contributed by atoms with Crippen molar-refractivity contribution in [1.29, 1.82) is 0 Å². The number of anilines is 1. The van der Waals surface area contributed by atoms with E-state index in [4.69, 9.17) is 11.6 Å². The fraction of sp³-hybridized carbons (Fsp3) is 0.100. The van der Waals surface area contributed by atoms with Crippen molar-refractivity contribution in [2.45, 2.75) is 6.54 Å². The van der Waals surface area contributed by atoms with Gasteiger partial charge in [0.2, 0.25) is 0 Å². The van der Waals surface area contributed by atoms with Gasteiger partial charge in [-0.25, -0.2) is 9.37 Å². The summed E-state index contributed by atoms with van der Waals surface area (Å²) in [5.74, 6) is 0.399. The number of rotatable bonds is 3. The van der Waals surface area contributed by atoms with Crippen molar-refractivity contribution in [2.24, 2.45) is 0 Å². The average molecular weight is 226 g/mol. The molecule has 5 heteroatoms. The Morgan fingerprint density at radius 1 is 1.47 bits per heavy atom. The summed E-state index contributed by atoms with van der Waals surface area (Å²) in [5, 5.41) is 3.18. The largest absolute Gasteiger partial charge is 0.378 e. The Hall–Kier alpha value is -1.55. The summed E-state index contributed by atoms with van der Waals surface area (Å²) < 4.78 is 12.8. The van der Waals surface area contributed by atoms with Crippen LogP contribution in [0.2, 0.25) is 5.02 Å². The van der Waals surface area contributed by atoms with Crippen molar-refractivity contribution < 1.29 is 4.39 Å². The molecule has 2 rings (SSSR count). The van der Waals surface area contributed by atoms with Gasteiger partial charge in [0.25, 0.3) is 0 Å². The first kappa shape index (κ1) is 9.98. The van der Waals surface area contributed by atoms with Gasteiger partial charge in [-0.2, -0.15) is 0 Å². The summed E-state index contributed by atoms with van der Waals surface area (Å²) in [4.78, 5) is 7.00. The molecular formula is C10H9ClFN3. The first-order valence-corrected chi connectivity index (χ1v) is 4.80. The van der Waals surface area contributed by atoms with E-state index in [-0.39, 0.29) is 5.02 Å². The molecule has 0 aliphatic rings. The number of nitrogens with one attached hydrogen (secondary N) is 2. The molecule has 0 aliphatic carbocycles. The van der Waals surface area contributed by atoms with Gasteiger partial charge in [0.1, 0.15) is 11.6 Å². The third-order valence-electron chi connectivity index (χ3n) is 1.93. The van der Waals surface area contributed by atoms with Gasteiger partial charge in [0.05, 0.1) is 11.6 Å². The predicted octanol–water partition coefficient (Wildman–Crippen LogP) is 2.81. The number of hydrogen-bond donors (Lipinski definition) is 2. The van der Waals surface area contributed by atoms with E-state index in [1.165, 1.54) is 6.07 Å². The molecule has 0 aliphatic heterocycles. The normalized spacial score (nSPS) is 10.3. The van der Waals surface area contributed by atoms with Crippen LogP contribution in [0, 0.1) is 5.82 Å². The van der Waals surface area contributed by atoms with Crippen LogP contribution in [0.5, 0.6) is 0 Å². The molecule has 0 unspecified atom stereocenters. The second-order valence-electron chi connectivity index (χ2n) is 3.02. The van der Waals surface area contributed by atoms with E-state index >= 15 is 0 Å². The van der Waals surface area contributed by atoms with E-state index < -0.39 is 5.82 Å². The van der Waals surface area contributed by atoms with E-state index in [9.17, 15) is 4.39 Å². The number of aromatic nitrogens is 2. The van der Waals surface area contributed by atoms with Crippen molar-refractivity contribution >= 4 is 17.3 Å². The highest BCUT2D eigenvalue weighted by Gasteiger charge is 2.00. The first-order valence-electron chi connectivity index (χ1n) is 4.43. The Kier molecular flexibility index (Phi) is 2.87. The van der Waals surface area contributed by atoms with E-state index in [2.05, 4.69) is 15.3 Å². The summed E-state index contributed by atoms with van der Waals surface area (Å²) in [6.45, 7) is 0.551. The molecular weight excluding hydrogens is 217 g/mol. The molecule has 0 bridgehead atoms. The minimum absolute atomic E-state index is 0.111. The quantitative estimate of drug-likeness (QED) is 0.843. The van der Waals surface area contributed by atoms with Gasteiger partial charge < -0.3 is 10.3 Å². The molecule has 3 nitrogen and oxygen atoms in total. The van der Waals surface area contributed by atoms with Crippen molar-refractivity contribution in [3.8, 4) is 0 Å². The standard InChI is InChI=1S/C10H9ClFN3/c11-8-5-7(1-2-9(8)12)15-6-10-13-3-4-14-10/h1-5,15H,6H2,(H,13,14). The van der Waals surface area contributed by atoms with E-state index in [1.807, 2.05) is 0 Å². The lowest BCUT2D eigenvalue weighted by Crippen LogP contribution is -2.01. The van der Waals surface area contributed by atoms with Crippen molar-refractivity contribution in [3.63, 3.8) is 0 Å². The third-order valence-corrected chi connectivity index (χ3v) is 2.22. The maximum atomic E-state index is 12.8. The zero-order chi connectivity index (χ0) is 10.7. The van der Waals surface area contributed by atoms with Crippen LogP contribution in [0.15, 0.2) is 30.6 Å². The highest BCUT2D eigenvalue weighted by molar-refractivity contribution is 6.31. The summed E-state index contributed by atoms with van der Waals surface area (Å²) in [6.07, 6.45) is 3.42. The highest BCUT2D eigenvalue weighted by atomic mass is 35.5. The lowest BCUT2D eigenvalue weighted by molar-refractivity contribution is 0.628. The number of H-pyrrole nitrogens is 1. The summed E-state index contributed by atoms with van der Waals surface area (Å²) in [7, 11) is 0. The smallest absolute Gasteiger partial charge is 0.141 e. The number of halogens is 2. The van der Waals surface area contributed by atoms with Gasteiger partial charge >= 0.3 is 0 Å². The fourth-order valence-corrected chi connectivity index (χ4v) is 1.37. The van der Waals surface area contributed by atoms with Crippen LogP contribution < -0.4 is 5.32 Å². The first-order chi connectivity index (χ1) is 7.25. The monoisotopic (exact) mass is 225 g/mol. The Labute approximate surface area is 91.3 Å². The highest BCUT2D eigenvalue weighted by Crippen LogP contribution is 2.19. The van der Waals surface area contributed by atoms with Crippen LogP contribution in [0.1, 0.15) is 5.82 Å². The maximum absolute atomic E-state index is 12.8. The maximum Gasteiger partial charge on any atom is 0.141 e. The molecule has 0 radical (unpaired) electrons. The Morgan fingerprint density at radius 2 is 2.33 bits per heavy atom. The number of imidazole rings is 1. The van der Waals surface area contributed by atoms with Gasteiger partial charge in [-0.05, 0) is 18.2 Å². The molecule has 15 heavy (non-hydrogen) atoms. The molecule has 0 amide bonds. The Bertz CT molecular complexity index is 442. The summed E-state index contributed by atoms with van der Waals surface area (Å²) >= 11 is 5.64. The van der Waals surface area contributed by atoms with Crippen LogP contribution >= 0.6 is 11.6 Å². The molecule has 78 valence electrons. The van der Waals surface area contributed by atoms with Gasteiger partial charge in [0, 0.05) is 18.1 Å². The molecule has 0 saturated carbocycles. The minimum atomic E-state index is -0.416. The molecule has 1 aromatic carbocycles. The zero-order valence-corrected chi connectivity index (χ0v) is 8.55. The molecule has 0 atom stereocenters. The third kappa shape index (κ3) is 2.47. The van der Waals surface area contributed by atoms with E-state index in [1.54, 1.807) is 24.5 Å². The van der Waals surface area contributed by atoms with E-state index in [0.29, 0.717) is 6.54 Å². The van der Waals surface area contributed by atoms with Crippen molar-refractivity contribution in [1.82, 2.24) is 9.97 Å². The van der Waals surface area contributed by atoms with Gasteiger partial charge in [0.15, 0.2) is 0 Å². The fourth-order valence-electron chi connectivity index (χ4n) is 1.19. The summed E-state index contributed by atoms with van der Waals surface area (Å²) in [5.41, 5.74) is 0.762. The predicted molar refractivity (Wildman–Crippen MR) is 57.3 cm³/mol. The van der Waals surface area contributed by atoms with Crippen LogP contribution in [0.25, 0.3) is 0 Å². The van der Waals surface area contributed by atoms with Crippen molar-refractivity contribution in [3.05, 3.63) is 47.3 Å². The lowest BCUT2D eigenvalue weighted by Gasteiger charge is -2.04. The van der Waals surface area contributed by atoms with Crippen LogP contribution in [-0.2, 0) is 6.54 Å². The minimum Gasteiger partial charge on any atom is -0.378 e. The van der Waals surface area contributed by atoms with Gasteiger partial charge in [-0.15, -0.1) is 0 Å². The molecule has 0 spiro atoms. The molecule has 1 heterocycles. The van der Waals surface area contributed by atoms with Gasteiger partial charge in [-0.1, -0.05) is 11.6 Å². The van der Waals surface area contributed by atoms with Gasteiger partial charge in [-0.3, -0.25) is 0 Å². The average Bonchev–Trinajstić information content (AvgIpc) is 2.73. The lowest BCUT2D eigenvalue weighted by atomic mass is 10.3.